The standard InChI is InChI=1S/C12H23N3OS/c1-15-4-2-10(8-15)7-14-12(16)6-11-9-17-5-3-13-11/h10-11,13H,2-9H2,1H3,(H,14,16). The molecule has 17 heavy (non-hydrogen) atoms. The van der Waals surface area contributed by atoms with Gasteiger partial charge in [-0.05, 0) is 25.9 Å². The third-order valence-electron chi connectivity index (χ3n) is 3.51. The van der Waals surface area contributed by atoms with E-state index in [1.165, 1.54) is 18.7 Å². The Balaban J connectivity index is 1.60. The summed E-state index contributed by atoms with van der Waals surface area (Å²) in [7, 11) is 2.14. The van der Waals surface area contributed by atoms with Crippen molar-refractivity contribution >= 4 is 17.7 Å². The second kappa shape index (κ2) is 6.61. The van der Waals surface area contributed by atoms with Crippen LogP contribution in [0.5, 0.6) is 0 Å². The summed E-state index contributed by atoms with van der Waals surface area (Å²) < 4.78 is 0. The molecule has 2 unspecified atom stereocenters. The second-order valence-corrected chi connectivity index (χ2v) is 6.30. The van der Waals surface area contributed by atoms with E-state index < -0.39 is 0 Å². The number of likely N-dealkylation sites (tertiary alicyclic amines) is 1. The minimum Gasteiger partial charge on any atom is -0.356 e. The van der Waals surface area contributed by atoms with Gasteiger partial charge in [-0.15, -0.1) is 0 Å². The molecule has 0 aromatic heterocycles. The van der Waals surface area contributed by atoms with Gasteiger partial charge < -0.3 is 15.5 Å². The van der Waals surface area contributed by atoms with E-state index in [1.54, 1.807) is 0 Å². The van der Waals surface area contributed by atoms with Crippen LogP contribution in [0.15, 0.2) is 0 Å². The van der Waals surface area contributed by atoms with Gasteiger partial charge in [0.1, 0.15) is 0 Å². The normalized spacial score (nSPS) is 30.4. The molecule has 2 rings (SSSR count). The zero-order chi connectivity index (χ0) is 12.1. The fraction of sp³-hybridized carbons (Fsp3) is 0.917. The van der Waals surface area contributed by atoms with Crippen LogP contribution >= 0.6 is 11.8 Å². The number of nitrogens with zero attached hydrogens (tertiary/aromatic N) is 1. The Morgan fingerprint density at radius 1 is 1.59 bits per heavy atom. The van der Waals surface area contributed by atoms with Crippen molar-refractivity contribution in [1.29, 1.82) is 0 Å². The maximum atomic E-state index is 11.8. The summed E-state index contributed by atoms with van der Waals surface area (Å²) in [4.78, 5) is 14.1. The average Bonchev–Trinajstić information content (AvgIpc) is 2.74. The van der Waals surface area contributed by atoms with Crippen molar-refractivity contribution in [2.45, 2.75) is 18.9 Å². The smallest absolute Gasteiger partial charge is 0.221 e. The van der Waals surface area contributed by atoms with Crippen molar-refractivity contribution in [3.8, 4) is 0 Å². The highest BCUT2D eigenvalue weighted by Gasteiger charge is 2.21. The summed E-state index contributed by atoms with van der Waals surface area (Å²) in [5.41, 5.74) is 0. The molecule has 5 heteroatoms. The van der Waals surface area contributed by atoms with Gasteiger partial charge in [-0.2, -0.15) is 11.8 Å². The maximum absolute atomic E-state index is 11.8. The summed E-state index contributed by atoms with van der Waals surface area (Å²) in [5.74, 6) is 3.10. The van der Waals surface area contributed by atoms with Crippen molar-refractivity contribution in [3.63, 3.8) is 0 Å². The van der Waals surface area contributed by atoms with E-state index in [9.17, 15) is 4.79 Å². The zero-order valence-electron chi connectivity index (χ0n) is 10.6. The van der Waals surface area contributed by atoms with Crippen LogP contribution in [0.1, 0.15) is 12.8 Å². The third kappa shape index (κ3) is 4.48. The topological polar surface area (TPSA) is 44.4 Å². The third-order valence-corrected chi connectivity index (χ3v) is 4.64. The zero-order valence-corrected chi connectivity index (χ0v) is 11.4. The maximum Gasteiger partial charge on any atom is 0.221 e. The molecule has 0 saturated carbocycles. The molecule has 98 valence electrons. The van der Waals surface area contributed by atoms with Gasteiger partial charge in [0.05, 0.1) is 0 Å². The van der Waals surface area contributed by atoms with Crippen molar-refractivity contribution < 1.29 is 4.79 Å². The number of amides is 1. The van der Waals surface area contributed by atoms with Crippen molar-refractivity contribution in [2.24, 2.45) is 5.92 Å². The summed E-state index contributed by atoms with van der Waals surface area (Å²) in [6, 6.07) is 0.375. The Morgan fingerprint density at radius 2 is 2.47 bits per heavy atom. The van der Waals surface area contributed by atoms with Crippen LogP contribution in [0.3, 0.4) is 0 Å². The van der Waals surface area contributed by atoms with E-state index in [0.29, 0.717) is 18.4 Å². The lowest BCUT2D eigenvalue weighted by Gasteiger charge is -2.22. The van der Waals surface area contributed by atoms with E-state index in [-0.39, 0.29) is 5.91 Å². The molecule has 0 aliphatic carbocycles. The number of rotatable bonds is 4. The lowest BCUT2D eigenvalue weighted by molar-refractivity contribution is -0.121. The highest BCUT2D eigenvalue weighted by molar-refractivity contribution is 7.99. The van der Waals surface area contributed by atoms with Crippen molar-refractivity contribution in [1.82, 2.24) is 15.5 Å². The first-order valence-corrected chi connectivity index (χ1v) is 7.66. The highest BCUT2D eigenvalue weighted by atomic mass is 32.2. The van der Waals surface area contributed by atoms with Crippen LogP contribution in [-0.4, -0.2) is 61.6 Å². The van der Waals surface area contributed by atoms with E-state index in [4.69, 9.17) is 0 Å². The Bertz CT molecular complexity index is 256. The fourth-order valence-corrected chi connectivity index (χ4v) is 3.45. The van der Waals surface area contributed by atoms with Gasteiger partial charge >= 0.3 is 0 Å². The Kier molecular flexibility index (Phi) is 5.13. The molecule has 2 N–H and O–H groups in total. The van der Waals surface area contributed by atoms with Crippen LogP contribution in [0.4, 0.5) is 0 Å². The van der Waals surface area contributed by atoms with E-state index in [0.717, 1.165) is 25.4 Å². The minimum absolute atomic E-state index is 0.208. The number of carbonyl (C=O) groups is 1. The van der Waals surface area contributed by atoms with Gasteiger partial charge in [0.25, 0.3) is 0 Å². The molecule has 4 nitrogen and oxygen atoms in total. The Hall–Kier alpha value is -0.260. The Labute approximate surface area is 108 Å². The van der Waals surface area contributed by atoms with Crippen LogP contribution in [0.2, 0.25) is 0 Å². The fourth-order valence-electron chi connectivity index (χ4n) is 2.50. The summed E-state index contributed by atoms with van der Waals surface area (Å²) in [6.07, 6.45) is 1.85. The molecular weight excluding hydrogens is 234 g/mol. The quantitative estimate of drug-likeness (QED) is 0.752. The van der Waals surface area contributed by atoms with E-state index in [1.807, 2.05) is 11.8 Å². The van der Waals surface area contributed by atoms with E-state index in [2.05, 4.69) is 22.6 Å². The van der Waals surface area contributed by atoms with Crippen LogP contribution in [0.25, 0.3) is 0 Å². The lowest BCUT2D eigenvalue weighted by atomic mass is 10.1. The first kappa shape index (κ1) is 13.2. The van der Waals surface area contributed by atoms with Crippen molar-refractivity contribution in [3.05, 3.63) is 0 Å². The van der Waals surface area contributed by atoms with Gasteiger partial charge in [-0.3, -0.25) is 4.79 Å². The van der Waals surface area contributed by atoms with Gasteiger partial charge in [-0.1, -0.05) is 0 Å². The first-order valence-electron chi connectivity index (χ1n) is 6.50. The Morgan fingerprint density at radius 3 is 3.12 bits per heavy atom. The van der Waals surface area contributed by atoms with Crippen molar-refractivity contribution in [2.75, 3.05) is 44.7 Å². The number of hydrogen-bond donors (Lipinski definition) is 2. The number of thioether (sulfide) groups is 1. The van der Waals surface area contributed by atoms with Gasteiger partial charge in [0.2, 0.25) is 5.91 Å². The number of carbonyl (C=O) groups excluding carboxylic acids is 1. The molecule has 2 atom stereocenters. The minimum atomic E-state index is 0.208. The lowest BCUT2D eigenvalue weighted by Crippen LogP contribution is -2.42. The molecule has 0 radical (unpaired) electrons. The predicted molar refractivity (Wildman–Crippen MR) is 72.3 cm³/mol. The SMILES string of the molecule is CN1CCC(CNC(=O)CC2CSCCN2)C1. The molecular formula is C12H23N3OS. The molecule has 0 spiro atoms. The van der Waals surface area contributed by atoms with Crippen LogP contribution < -0.4 is 10.6 Å². The summed E-state index contributed by atoms with van der Waals surface area (Å²) in [6.45, 7) is 4.18. The molecule has 2 aliphatic rings. The average molecular weight is 257 g/mol. The largest absolute Gasteiger partial charge is 0.356 e. The van der Waals surface area contributed by atoms with Crippen LogP contribution in [-0.2, 0) is 4.79 Å². The molecule has 2 aliphatic heterocycles. The highest BCUT2D eigenvalue weighted by Crippen LogP contribution is 2.13. The number of nitrogens with one attached hydrogen (secondary N) is 2. The molecule has 2 fully saturated rings. The molecule has 1 amide bonds. The molecule has 0 aromatic rings. The molecule has 2 heterocycles. The second-order valence-electron chi connectivity index (χ2n) is 5.15. The van der Waals surface area contributed by atoms with E-state index >= 15 is 0 Å². The molecule has 0 bridgehead atoms. The molecule has 0 aromatic carbocycles. The monoisotopic (exact) mass is 257 g/mol. The van der Waals surface area contributed by atoms with Crippen LogP contribution in [0, 0.1) is 5.92 Å². The first-order chi connectivity index (χ1) is 8.24. The number of hydrogen-bond acceptors (Lipinski definition) is 4. The summed E-state index contributed by atoms with van der Waals surface area (Å²) in [5, 5.41) is 6.47. The summed E-state index contributed by atoms with van der Waals surface area (Å²) >= 11 is 1.94. The van der Waals surface area contributed by atoms with Gasteiger partial charge in [-0.25, -0.2) is 0 Å². The van der Waals surface area contributed by atoms with Gasteiger partial charge in [0.15, 0.2) is 0 Å². The van der Waals surface area contributed by atoms with Gasteiger partial charge in [0, 0.05) is 43.6 Å². The predicted octanol–water partition coefficient (Wildman–Crippen LogP) is 0.149. The molecule has 2 saturated heterocycles.